The van der Waals surface area contributed by atoms with Crippen LogP contribution in [-0.2, 0) is 19.5 Å². The summed E-state index contributed by atoms with van der Waals surface area (Å²) in [6, 6.07) is 13.8. The molecule has 0 bridgehead atoms. The van der Waals surface area contributed by atoms with Gasteiger partial charge >= 0.3 is 0 Å². The maximum atomic E-state index is 13.4. The number of ether oxygens (including phenoxy) is 2. The summed E-state index contributed by atoms with van der Waals surface area (Å²) in [6.07, 6.45) is 2.00. The zero-order valence-corrected chi connectivity index (χ0v) is 18.1. The van der Waals surface area contributed by atoms with Crippen LogP contribution in [0, 0.1) is 0 Å². The number of benzene rings is 2. The number of amides is 1. The number of carbonyl (C=O) groups excluding carboxylic acids is 1. The Labute approximate surface area is 182 Å². The van der Waals surface area contributed by atoms with Crippen LogP contribution in [0.4, 0.5) is 11.4 Å². The van der Waals surface area contributed by atoms with E-state index in [1.807, 2.05) is 18.2 Å². The number of rotatable bonds is 7. The molecule has 2 aliphatic rings. The van der Waals surface area contributed by atoms with Crippen LogP contribution in [-0.4, -0.2) is 64.2 Å². The molecule has 1 atom stereocenters. The molecule has 2 saturated heterocycles. The zero-order valence-electron chi connectivity index (χ0n) is 17.2. The number of nitrogens with one attached hydrogen (secondary N) is 2. The summed E-state index contributed by atoms with van der Waals surface area (Å²) >= 11 is 0. The molecular weight excluding hydrogens is 418 g/mol. The number of para-hydroxylation sites is 1. The summed E-state index contributed by atoms with van der Waals surface area (Å²) in [5, 5.41) is 6.03. The van der Waals surface area contributed by atoms with Crippen LogP contribution in [0.25, 0.3) is 0 Å². The van der Waals surface area contributed by atoms with Crippen molar-refractivity contribution in [2.75, 3.05) is 50.1 Å². The minimum atomic E-state index is -3.80. The fourth-order valence-electron chi connectivity index (χ4n) is 3.70. The van der Waals surface area contributed by atoms with E-state index >= 15 is 0 Å². The minimum Gasteiger partial charge on any atom is -0.381 e. The first-order chi connectivity index (χ1) is 15.0. The van der Waals surface area contributed by atoms with Gasteiger partial charge in [0.1, 0.15) is 4.90 Å². The van der Waals surface area contributed by atoms with Crippen LogP contribution in [0.5, 0.6) is 0 Å². The Bertz CT molecular complexity index is 1000. The van der Waals surface area contributed by atoms with Gasteiger partial charge in [-0.3, -0.25) is 4.79 Å². The molecule has 4 rings (SSSR count). The first-order valence-corrected chi connectivity index (χ1v) is 11.9. The third-order valence-electron chi connectivity index (χ3n) is 5.41. The highest BCUT2D eigenvalue weighted by Crippen LogP contribution is 2.28. The van der Waals surface area contributed by atoms with Crippen LogP contribution in [0.2, 0.25) is 0 Å². The zero-order chi connectivity index (χ0) is 21.7. The van der Waals surface area contributed by atoms with Gasteiger partial charge < -0.3 is 20.1 Å². The summed E-state index contributed by atoms with van der Waals surface area (Å²) in [4.78, 5) is 12.9. The smallest absolute Gasteiger partial charge is 0.255 e. The molecule has 2 aliphatic heterocycles. The van der Waals surface area contributed by atoms with E-state index in [1.165, 1.54) is 10.4 Å². The second-order valence-corrected chi connectivity index (χ2v) is 9.47. The van der Waals surface area contributed by atoms with E-state index in [0.29, 0.717) is 31.1 Å². The molecule has 0 spiro atoms. The lowest BCUT2D eigenvalue weighted by Gasteiger charge is -2.27. The maximum Gasteiger partial charge on any atom is 0.255 e. The summed E-state index contributed by atoms with van der Waals surface area (Å²) in [6.45, 7) is 2.52. The Morgan fingerprint density at radius 1 is 1.06 bits per heavy atom. The van der Waals surface area contributed by atoms with E-state index < -0.39 is 10.0 Å². The predicted octanol–water partition coefficient (Wildman–Crippen LogP) is 2.55. The molecule has 0 saturated carbocycles. The normalized spacial score (nSPS) is 19.8. The fraction of sp³-hybridized carbons (Fsp3) is 0.409. The van der Waals surface area contributed by atoms with Gasteiger partial charge in [-0.15, -0.1) is 0 Å². The van der Waals surface area contributed by atoms with Crippen LogP contribution in [0.15, 0.2) is 53.4 Å². The molecule has 0 unspecified atom stereocenters. The van der Waals surface area contributed by atoms with Crippen molar-refractivity contribution in [2.24, 2.45) is 0 Å². The molecule has 0 aromatic heterocycles. The molecule has 2 heterocycles. The molecule has 8 nitrogen and oxygen atoms in total. The van der Waals surface area contributed by atoms with Gasteiger partial charge in [-0.1, -0.05) is 18.2 Å². The second-order valence-electron chi connectivity index (χ2n) is 7.56. The van der Waals surface area contributed by atoms with Gasteiger partial charge in [0, 0.05) is 37.5 Å². The lowest BCUT2D eigenvalue weighted by molar-refractivity contribution is 0.0730. The van der Waals surface area contributed by atoms with Gasteiger partial charge in [-0.05, 0) is 43.2 Å². The van der Waals surface area contributed by atoms with Crippen molar-refractivity contribution >= 4 is 27.3 Å². The molecule has 31 heavy (non-hydrogen) atoms. The van der Waals surface area contributed by atoms with Gasteiger partial charge in [0.2, 0.25) is 10.0 Å². The number of sulfonamides is 1. The summed E-state index contributed by atoms with van der Waals surface area (Å²) in [5.41, 5.74) is 1.39. The van der Waals surface area contributed by atoms with Crippen molar-refractivity contribution in [2.45, 2.75) is 23.8 Å². The average Bonchev–Trinajstić information content (AvgIpc) is 3.32. The molecule has 2 N–H and O–H groups in total. The molecule has 2 aromatic carbocycles. The summed E-state index contributed by atoms with van der Waals surface area (Å²) < 4.78 is 39.2. The fourth-order valence-corrected chi connectivity index (χ4v) is 5.30. The van der Waals surface area contributed by atoms with Crippen LogP contribution >= 0.6 is 0 Å². The van der Waals surface area contributed by atoms with E-state index in [1.54, 1.807) is 24.3 Å². The Morgan fingerprint density at radius 3 is 2.55 bits per heavy atom. The molecule has 9 heteroatoms. The first-order valence-electron chi connectivity index (χ1n) is 10.5. The Balaban J connectivity index is 1.62. The molecular formula is C22H27N3O5S. The van der Waals surface area contributed by atoms with Crippen molar-refractivity contribution in [1.29, 1.82) is 0 Å². The third kappa shape index (κ3) is 5.24. The highest BCUT2D eigenvalue weighted by Gasteiger charge is 2.30. The average molecular weight is 446 g/mol. The van der Waals surface area contributed by atoms with Crippen molar-refractivity contribution in [3.63, 3.8) is 0 Å². The van der Waals surface area contributed by atoms with Crippen molar-refractivity contribution in [3.8, 4) is 0 Å². The Morgan fingerprint density at radius 2 is 1.84 bits per heavy atom. The van der Waals surface area contributed by atoms with Crippen LogP contribution in [0.1, 0.15) is 23.2 Å². The van der Waals surface area contributed by atoms with Gasteiger partial charge in [-0.2, -0.15) is 4.31 Å². The number of carbonyl (C=O) groups is 1. The lowest BCUT2D eigenvalue weighted by atomic mass is 10.1. The molecule has 0 aliphatic carbocycles. The van der Waals surface area contributed by atoms with Gasteiger partial charge in [0.25, 0.3) is 5.91 Å². The molecule has 1 amide bonds. The standard InChI is InChI=1S/C22H27N3O5S/c26-22(24-18-5-2-1-3-6-18)17-8-9-20(23-16-19-7-4-12-30-19)21(15-17)31(27,28)25-10-13-29-14-11-25/h1-3,5-6,8-9,15,19,23H,4,7,10-14,16H2,(H,24,26)/t19-/m1/s1. The monoisotopic (exact) mass is 445 g/mol. The van der Waals surface area contributed by atoms with Gasteiger partial charge in [0.05, 0.1) is 25.0 Å². The Hall–Kier alpha value is -2.46. The van der Waals surface area contributed by atoms with Crippen molar-refractivity contribution in [3.05, 3.63) is 54.1 Å². The van der Waals surface area contributed by atoms with E-state index in [9.17, 15) is 13.2 Å². The third-order valence-corrected chi connectivity index (χ3v) is 7.35. The van der Waals surface area contributed by atoms with Gasteiger partial charge in [0.15, 0.2) is 0 Å². The molecule has 0 radical (unpaired) electrons. The molecule has 2 fully saturated rings. The number of morpholine rings is 1. The van der Waals surface area contributed by atoms with Crippen molar-refractivity contribution < 1.29 is 22.7 Å². The van der Waals surface area contributed by atoms with Crippen LogP contribution < -0.4 is 10.6 Å². The van der Waals surface area contributed by atoms with E-state index in [0.717, 1.165) is 19.4 Å². The number of anilines is 2. The van der Waals surface area contributed by atoms with Crippen molar-refractivity contribution in [1.82, 2.24) is 4.31 Å². The predicted molar refractivity (Wildman–Crippen MR) is 118 cm³/mol. The van der Waals surface area contributed by atoms with Crippen LogP contribution in [0.3, 0.4) is 0 Å². The highest BCUT2D eigenvalue weighted by atomic mass is 32.2. The summed E-state index contributed by atoms with van der Waals surface area (Å²) in [7, 11) is -3.80. The van der Waals surface area contributed by atoms with Gasteiger partial charge in [-0.25, -0.2) is 8.42 Å². The maximum absolute atomic E-state index is 13.4. The Kier molecular flexibility index (Phi) is 6.86. The first kappa shape index (κ1) is 21.8. The molecule has 2 aromatic rings. The van der Waals surface area contributed by atoms with E-state index in [4.69, 9.17) is 9.47 Å². The van der Waals surface area contributed by atoms with E-state index in [2.05, 4.69) is 10.6 Å². The molecule has 166 valence electrons. The second kappa shape index (κ2) is 9.78. The number of hydrogen-bond donors (Lipinski definition) is 2. The number of hydrogen-bond acceptors (Lipinski definition) is 6. The minimum absolute atomic E-state index is 0.0556. The SMILES string of the molecule is O=C(Nc1ccccc1)c1ccc(NC[C@H]2CCCO2)c(S(=O)(=O)N2CCOCC2)c1. The quantitative estimate of drug-likeness (QED) is 0.680. The number of nitrogens with zero attached hydrogens (tertiary/aromatic N) is 1. The topological polar surface area (TPSA) is 97.0 Å². The lowest BCUT2D eigenvalue weighted by Crippen LogP contribution is -2.41. The van der Waals surface area contributed by atoms with E-state index in [-0.39, 0.29) is 35.6 Å². The summed E-state index contributed by atoms with van der Waals surface area (Å²) in [5.74, 6) is -0.365. The highest BCUT2D eigenvalue weighted by molar-refractivity contribution is 7.89. The largest absolute Gasteiger partial charge is 0.381 e.